The fraction of sp³-hybridized carbons (Fsp3) is 0.176. The van der Waals surface area contributed by atoms with E-state index in [1.165, 1.54) is 25.1 Å². The molecule has 2 aromatic rings. The van der Waals surface area contributed by atoms with Gasteiger partial charge in [-0.1, -0.05) is 6.07 Å². The van der Waals surface area contributed by atoms with Crippen LogP contribution in [-0.2, 0) is 4.79 Å². The number of hydrogen-bond donors (Lipinski definition) is 1. The Morgan fingerprint density at radius 3 is 2.38 bits per heavy atom. The summed E-state index contributed by atoms with van der Waals surface area (Å²) >= 11 is 0. The lowest BCUT2D eigenvalue weighted by molar-refractivity contribution is -0.116. The monoisotopic (exact) mass is 336 g/mol. The topological polar surface area (TPSA) is 49.4 Å². The van der Waals surface area contributed by atoms with Crippen LogP contribution in [-0.4, -0.2) is 24.9 Å². The molecule has 1 N–H and O–H groups in total. The SMILES string of the molecule is CC(=O)N(CCNC(=O)c1cccc(F)c1)c1ccc(F)cc1F. The first-order valence-corrected chi connectivity index (χ1v) is 7.15. The number of nitrogens with one attached hydrogen (secondary N) is 1. The van der Waals surface area contributed by atoms with Gasteiger partial charge in [-0.2, -0.15) is 0 Å². The predicted molar refractivity (Wildman–Crippen MR) is 83.1 cm³/mol. The third-order valence-corrected chi connectivity index (χ3v) is 3.29. The maximum atomic E-state index is 13.8. The highest BCUT2D eigenvalue weighted by Crippen LogP contribution is 2.20. The van der Waals surface area contributed by atoms with Gasteiger partial charge in [0.05, 0.1) is 5.69 Å². The van der Waals surface area contributed by atoms with E-state index in [-0.39, 0.29) is 24.3 Å². The predicted octanol–water partition coefficient (Wildman–Crippen LogP) is 2.89. The third kappa shape index (κ3) is 4.34. The summed E-state index contributed by atoms with van der Waals surface area (Å²) in [7, 11) is 0. The Kier molecular flexibility index (Phi) is 5.57. The number of anilines is 1. The first-order chi connectivity index (χ1) is 11.4. The van der Waals surface area contributed by atoms with Gasteiger partial charge < -0.3 is 10.2 Å². The summed E-state index contributed by atoms with van der Waals surface area (Å²) in [5.74, 6) is -3.14. The molecule has 2 amide bonds. The summed E-state index contributed by atoms with van der Waals surface area (Å²) in [6.07, 6.45) is 0. The Bertz CT molecular complexity index is 765. The zero-order valence-corrected chi connectivity index (χ0v) is 12.9. The third-order valence-electron chi connectivity index (χ3n) is 3.29. The molecule has 2 rings (SSSR count). The van der Waals surface area contributed by atoms with Crippen molar-refractivity contribution >= 4 is 17.5 Å². The number of carbonyl (C=O) groups is 2. The molecule has 0 saturated heterocycles. The van der Waals surface area contributed by atoms with Gasteiger partial charge in [-0.3, -0.25) is 9.59 Å². The minimum Gasteiger partial charge on any atom is -0.350 e. The first kappa shape index (κ1) is 17.5. The van der Waals surface area contributed by atoms with Crippen molar-refractivity contribution in [3.63, 3.8) is 0 Å². The Morgan fingerprint density at radius 1 is 1.04 bits per heavy atom. The Labute approximate surface area is 136 Å². The molecule has 0 aliphatic carbocycles. The highest BCUT2D eigenvalue weighted by atomic mass is 19.1. The van der Waals surface area contributed by atoms with Crippen molar-refractivity contribution in [2.45, 2.75) is 6.92 Å². The van der Waals surface area contributed by atoms with E-state index in [0.717, 1.165) is 23.1 Å². The number of carbonyl (C=O) groups excluding carboxylic acids is 2. The van der Waals surface area contributed by atoms with Crippen molar-refractivity contribution in [3.05, 3.63) is 65.5 Å². The number of rotatable bonds is 5. The summed E-state index contributed by atoms with van der Waals surface area (Å²) < 4.78 is 39.8. The summed E-state index contributed by atoms with van der Waals surface area (Å²) in [5.41, 5.74) is 0.0567. The normalized spacial score (nSPS) is 10.3. The van der Waals surface area contributed by atoms with Crippen LogP contribution in [0.25, 0.3) is 0 Å². The standard InChI is InChI=1S/C17H15F3N2O2/c1-11(23)22(16-6-5-14(19)10-15(16)20)8-7-21-17(24)12-3-2-4-13(18)9-12/h2-6,9-10H,7-8H2,1H3,(H,21,24). The van der Waals surface area contributed by atoms with E-state index in [2.05, 4.69) is 5.32 Å². The Balaban J connectivity index is 2.02. The molecule has 0 bridgehead atoms. The summed E-state index contributed by atoms with van der Waals surface area (Å²) in [5, 5.41) is 2.52. The lowest BCUT2D eigenvalue weighted by Gasteiger charge is -2.22. The highest BCUT2D eigenvalue weighted by Gasteiger charge is 2.16. The molecule has 0 aromatic heterocycles. The van der Waals surface area contributed by atoms with Gasteiger partial charge in [0.2, 0.25) is 5.91 Å². The van der Waals surface area contributed by atoms with Gasteiger partial charge in [0, 0.05) is 31.6 Å². The summed E-state index contributed by atoms with van der Waals surface area (Å²) in [6, 6.07) is 8.01. The zero-order chi connectivity index (χ0) is 17.7. The van der Waals surface area contributed by atoms with Crippen molar-refractivity contribution in [2.24, 2.45) is 0 Å². The number of halogens is 3. The van der Waals surface area contributed by atoms with Crippen molar-refractivity contribution < 1.29 is 22.8 Å². The lowest BCUT2D eigenvalue weighted by atomic mass is 10.2. The second-order valence-electron chi connectivity index (χ2n) is 5.03. The van der Waals surface area contributed by atoms with Crippen LogP contribution in [0.2, 0.25) is 0 Å². The molecule has 0 aliphatic heterocycles. The quantitative estimate of drug-likeness (QED) is 0.913. The molecular weight excluding hydrogens is 321 g/mol. The van der Waals surface area contributed by atoms with Crippen LogP contribution < -0.4 is 10.2 Å². The minimum absolute atomic E-state index is 0.0149. The molecule has 0 saturated carbocycles. The second-order valence-corrected chi connectivity index (χ2v) is 5.03. The lowest BCUT2D eigenvalue weighted by Crippen LogP contribution is -2.38. The number of nitrogens with zero attached hydrogens (tertiary/aromatic N) is 1. The highest BCUT2D eigenvalue weighted by molar-refractivity contribution is 5.94. The van der Waals surface area contributed by atoms with Crippen molar-refractivity contribution in [2.75, 3.05) is 18.0 Å². The average molecular weight is 336 g/mol. The van der Waals surface area contributed by atoms with Crippen molar-refractivity contribution in [1.82, 2.24) is 5.32 Å². The maximum absolute atomic E-state index is 13.8. The van der Waals surface area contributed by atoms with Crippen LogP contribution >= 0.6 is 0 Å². The molecule has 0 atom stereocenters. The Hall–Kier alpha value is -2.83. The fourth-order valence-corrected chi connectivity index (χ4v) is 2.16. The number of amides is 2. The molecule has 0 spiro atoms. The molecule has 126 valence electrons. The van der Waals surface area contributed by atoms with Crippen LogP contribution in [0.5, 0.6) is 0 Å². The molecule has 24 heavy (non-hydrogen) atoms. The first-order valence-electron chi connectivity index (χ1n) is 7.15. The molecule has 0 heterocycles. The van der Waals surface area contributed by atoms with Gasteiger partial charge in [-0.25, -0.2) is 13.2 Å². The van der Waals surface area contributed by atoms with E-state index < -0.39 is 29.3 Å². The molecular formula is C17H15F3N2O2. The van der Waals surface area contributed by atoms with Gasteiger partial charge in [0.1, 0.15) is 17.5 Å². The van der Waals surface area contributed by atoms with Crippen LogP contribution in [0.15, 0.2) is 42.5 Å². The van der Waals surface area contributed by atoms with Gasteiger partial charge in [-0.05, 0) is 30.3 Å². The van der Waals surface area contributed by atoms with E-state index in [1.807, 2.05) is 0 Å². The van der Waals surface area contributed by atoms with Crippen LogP contribution in [0, 0.1) is 17.5 Å². The number of hydrogen-bond acceptors (Lipinski definition) is 2. The molecule has 0 fully saturated rings. The molecule has 7 heteroatoms. The summed E-state index contributed by atoms with van der Waals surface area (Å²) in [6.45, 7) is 1.24. The van der Waals surface area contributed by atoms with Gasteiger partial charge >= 0.3 is 0 Å². The van der Waals surface area contributed by atoms with Gasteiger partial charge in [-0.15, -0.1) is 0 Å². The molecule has 4 nitrogen and oxygen atoms in total. The zero-order valence-electron chi connectivity index (χ0n) is 12.9. The van der Waals surface area contributed by atoms with E-state index in [0.29, 0.717) is 6.07 Å². The molecule has 0 radical (unpaired) electrons. The number of benzene rings is 2. The van der Waals surface area contributed by atoms with Crippen LogP contribution in [0.1, 0.15) is 17.3 Å². The van der Waals surface area contributed by atoms with E-state index in [9.17, 15) is 22.8 Å². The van der Waals surface area contributed by atoms with Gasteiger partial charge in [0.15, 0.2) is 0 Å². The van der Waals surface area contributed by atoms with E-state index in [4.69, 9.17) is 0 Å². The molecule has 0 unspecified atom stereocenters. The van der Waals surface area contributed by atoms with E-state index in [1.54, 1.807) is 0 Å². The van der Waals surface area contributed by atoms with E-state index >= 15 is 0 Å². The molecule has 0 aliphatic rings. The van der Waals surface area contributed by atoms with Crippen LogP contribution in [0.3, 0.4) is 0 Å². The van der Waals surface area contributed by atoms with Crippen LogP contribution in [0.4, 0.5) is 18.9 Å². The molecule has 2 aromatic carbocycles. The van der Waals surface area contributed by atoms with Crippen molar-refractivity contribution in [1.29, 1.82) is 0 Å². The second kappa shape index (κ2) is 7.63. The minimum atomic E-state index is -0.873. The summed E-state index contributed by atoms with van der Waals surface area (Å²) in [4.78, 5) is 24.7. The Morgan fingerprint density at radius 2 is 1.75 bits per heavy atom. The van der Waals surface area contributed by atoms with Crippen molar-refractivity contribution in [3.8, 4) is 0 Å². The van der Waals surface area contributed by atoms with Gasteiger partial charge in [0.25, 0.3) is 5.91 Å². The fourth-order valence-electron chi connectivity index (χ4n) is 2.16. The smallest absolute Gasteiger partial charge is 0.251 e. The largest absolute Gasteiger partial charge is 0.350 e. The average Bonchev–Trinajstić information content (AvgIpc) is 2.52. The maximum Gasteiger partial charge on any atom is 0.251 e.